The molecule has 8 heteroatoms. The van der Waals surface area contributed by atoms with Gasteiger partial charge in [0.05, 0.1) is 12.2 Å². The molecule has 0 N–H and O–H groups in total. The molecule has 0 radical (unpaired) electrons. The van der Waals surface area contributed by atoms with Crippen molar-refractivity contribution in [2.75, 3.05) is 7.05 Å². The highest BCUT2D eigenvalue weighted by Gasteiger charge is 2.31. The summed E-state index contributed by atoms with van der Waals surface area (Å²) in [6, 6.07) is 8.95. The number of rotatable bonds is 3. The minimum Gasteiger partial charge on any atom is -0.472 e. The van der Waals surface area contributed by atoms with Crippen LogP contribution < -0.4 is 4.74 Å². The van der Waals surface area contributed by atoms with Crippen LogP contribution in [0.15, 0.2) is 36.5 Å². The molecule has 1 aliphatic carbocycles. The van der Waals surface area contributed by atoms with Crippen molar-refractivity contribution in [3.8, 4) is 11.6 Å². The molecule has 156 valence electrons. The van der Waals surface area contributed by atoms with Gasteiger partial charge in [-0.2, -0.15) is 0 Å². The van der Waals surface area contributed by atoms with Crippen molar-refractivity contribution >= 4 is 11.6 Å². The van der Waals surface area contributed by atoms with E-state index in [2.05, 4.69) is 37.8 Å². The van der Waals surface area contributed by atoms with Crippen LogP contribution in [0.3, 0.4) is 0 Å². The van der Waals surface area contributed by atoms with E-state index in [1.807, 2.05) is 12.1 Å². The monoisotopic (exact) mass is 427 g/mol. The largest absolute Gasteiger partial charge is 0.472 e. The second kappa shape index (κ2) is 7.96. The van der Waals surface area contributed by atoms with E-state index in [0.717, 1.165) is 61.1 Å². The molecule has 1 saturated carbocycles. The van der Waals surface area contributed by atoms with Crippen molar-refractivity contribution in [3.05, 3.63) is 64.6 Å². The zero-order valence-corrected chi connectivity index (χ0v) is 17.5. The molecular formula is C22H23ClFN5O. The van der Waals surface area contributed by atoms with Gasteiger partial charge in [-0.1, -0.05) is 11.6 Å². The van der Waals surface area contributed by atoms with Gasteiger partial charge in [-0.05, 0) is 68.6 Å². The lowest BCUT2D eigenvalue weighted by atomic mass is 9.86. The Balaban J connectivity index is 1.38. The van der Waals surface area contributed by atoms with Gasteiger partial charge in [-0.25, -0.2) is 9.37 Å². The van der Waals surface area contributed by atoms with E-state index >= 15 is 0 Å². The number of hydrogen-bond donors (Lipinski definition) is 0. The smallest absolute Gasteiger partial charge is 0.250 e. The first kappa shape index (κ1) is 19.5. The highest BCUT2D eigenvalue weighted by molar-refractivity contribution is 6.30. The molecule has 1 aliphatic heterocycles. The van der Waals surface area contributed by atoms with Crippen molar-refractivity contribution in [2.24, 2.45) is 0 Å². The minimum absolute atomic E-state index is 0.0330. The standard InChI is InChI=1S/C22H23ClFN5O/c1-28-12-15-11-16(23)6-9-19(15)29-20(13-28)26-27-21(29)14-4-7-17(8-5-14)30-22-18(24)3-2-10-25-22/h2-3,6,9-11,14,17H,4-5,7-8,12-13H2,1H3. The number of nitrogens with zero attached hydrogens (tertiary/aromatic N) is 5. The van der Waals surface area contributed by atoms with Crippen LogP contribution in [0.25, 0.3) is 5.69 Å². The first-order valence-electron chi connectivity index (χ1n) is 10.3. The predicted octanol–water partition coefficient (Wildman–Crippen LogP) is 4.51. The SMILES string of the molecule is CN1Cc2cc(Cl)ccc2-n2c(nnc2C2CCC(Oc3ncccc3F)CC2)C1. The average Bonchev–Trinajstić information content (AvgIpc) is 3.07. The lowest BCUT2D eigenvalue weighted by Gasteiger charge is -2.28. The number of pyridine rings is 1. The Morgan fingerprint density at radius 2 is 1.93 bits per heavy atom. The van der Waals surface area contributed by atoms with Gasteiger partial charge in [0.1, 0.15) is 11.9 Å². The molecule has 0 atom stereocenters. The van der Waals surface area contributed by atoms with Crippen molar-refractivity contribution in [3.63, 3.8) is 0 Å². The number of halogens is 2. The molecule has 6 nitrogen and oxygen atoms in total. The minimum atomic E-state index is -0.415. The Morgan fingerprint density at radius 1 is 1.10 bits per heavy atom. The fourth-order valence-electron chi connectivity index (χ4n) is 4.50. The number of hydrogen-bond acceptors (Lipinski definition) is 5. The molecule has 5 rings (SSSR count). The van der Waals surface area contributed by atoms with Gasteiger partial charge < -0.3 is 4.74 Å². The van der Waals surface area contributed by atoms with Crippen LogP contribution in [0.2, 0.25) is 5.02 Å². The third kappa shape index (κ3) is 3.68. The Morgan fingerprint density at radius 3 is 2.73 bits per heavy atom. The highest BCUT2D eigenvalue weighted by Crippen LogP contribution is 2.37. The first-order chi connectivity index (χ1) is 14.6. The van der Waals surface area contributed by atoms with E-state index in [4.69, 9.17) is 16.3 Å². The second-order valence-corrected chi connectivity index (χ2v) is 8.57. The van der Waals surface area contributed by atoms with Crippen molar-refractivity contribution in [2.45, 2.75) is 50.8 Å². The molecule has 2 aromatic heterocycles. The van der Waals surface area contributed by atoms with Gasteiger partial charge in [0.15, 0.2) is 11.6 Å². The van der Waals surface area contributed by atoms with E-state index in [0.29, 0.717) is 0 Å². The van der Waals surface area contributed by atoms with E-state index in [9.17, 15) is 4.39 Å². The van der Waals surface area contributed by atoms with Gasteiger partial charge in [-0.15, -0.1) is 10.2 Å². The van der Waals surface area contributed by atoms with Crippen molar-refractivity contribution in [1.82, 2.24) is 24.6 Å². The Labute approximate surface area is 179 Å². The lowest BCUT2D eigenvalue weighted by molar-refractivity contribution is 0.132. The van der Waals surface area contributed by atoms with Gasteiger partial charge >= 0.3 is 0 Å². The van der Waals surface area contributed by atoms with Crippen LogP contribution in [-0.4, -0.2) is 37.8 Å². The molecular weight excluding hydrogens is 405 g/mol. The number of aromatic nitrogens is 4. The maximum atomic E-state index is 13.8. The summed E-state index contributed by atoms with van der Waals surface area (Å²) in [6.45, 7) is 1.55. The Hall–Kier alpha value is -2.51. The maximum Gasteiger partial charge on any atom is 0.250 e. The van der Waals surface area contributed by atoms with Crippen LogP contribution in [0.4, 0.5) is 4.39 Å². The lowest BCUT2D eigenvalue weighted by Crippen LogP contribution is -2.25. The van der Waals surface area contributed by atoms with Gasteiger partial charge in [0.2, 0.25) is 0 Å². The normalized spacial score (nSPS) is 21.6. The number of fused-ring (bicyclic) bond motifs is 3. The Bertz CT molecular complexity index is 1060. The zero-order valence-electron chi connectivity index (χ0n) is 16.8. The fraction of sp³-hybridized carbons (Fsp3) is 0.409. The summed E-state index contributed by atoms with van der Waals surface area (Å²) in [5.41, 5.74) is 2.28. The molecule has 0 bridgehead atoms. The van der Waals surface area contributed by atoms with Crippen LogP contribution >= 0.6 is 11.6 Å². The van der Waals surface area contributed by atoms with E-state index in [-0.39, 0.29) is 17.9 Å². The topological polar surface area (TPSA) is 56.1 Å². The van der Waals surface area contributed by atoms with Gasteiger partial charge in [-0.3, -0.25) is 9.47 Å². The van der Waals surface area contributed by atoms with Crippen LogP contribution in [0.1, 0.15) is 48.8 Å². The average molecular weight is 428 g/mol. The fourth-order valence-corrected chi connectivity index (χ4v) is 4.70. The first-order valence-corrected chi connectivity index (χ1v) is 10.6. The zero-order chi connectivity index (χ0) is 20.7. The number of benzene rings is 1. The summed E-state index contributed by atoms with van der Waals surface area (Å²) in [7, 11) is 2.08. The third-order valence-corrected chi connectivity index (χ3v) is 6.17. The molecule has 0 unspecified atom stereocenters. The summed E-state index contributed by atoms with van der Waals surface area (Å²) in [6.07, 6.45) is 5.00. The molecule has 0 saturated heterocycles. The van der Waals surface area contributed by atoms with Crippen LogP contribution in [0, 0.1) is 5.82 Å². The summed E-state index contributed by atoms with van der Waals surface area (Å²) < 4.78 is 21.9. The number of ether oxygens (including phenoxy) is 1. The summed E-state index contributed by atoms with van der Waals surface area (Å²) >= 11 is 6.26. The van der Waals surface area contributed by atoms with Crippen molar-refractivity contribution in [1.29, 1.82) is 0 Å². The summed E-state index contributed by atoms with van der Waals surface area (Å²) in [5, 5.41) is 9.83. The van der Waals surface area contributed by atoms with Gasteiger partial charge in [0, 0.05) is 23.7 Å². The van der Waals surface area contributed by atoms with E-state index in [1.54, 1.807) is 12.3 Å². The molecule has 0 amide bonds. The molecule has 30 heavy (non-hydrogen) atoms. The predicted molar refractivity (Wildman–Crippen MR) is 111 cm³/mol. The Kier molecular flexibility index (Phi) is 5.16. The quantitative estimate of drug-likeness (QED) is 0.615. The van der Waals surface area contributed by atoms with E-state index in [1.165, 1.54) is 11.6 Å². The molecule has 3 heterocycles. The summed E-state index contributed by atoms with van der Waals surface area (Å²) in [4.78, 5) is 6.23. The third-order valence-electron chi connectivity index (χ3n) is 5.93. The van der Waals surface area contributed by atoms with Crippen LogP contribution in [0.5, 0.6) is 5.88 Å². The molecule has 3 aromatic rings. The molecule has 1 fully saturated rings. The van der Waals surface area contributed by atoms with Crippen LogP contribution in [-0.2, 0) is 13.1 Å². The van der Waals surface area contributed by atoms with Crippen molar-refractivity contribution < 1.29 is 9.13 Å². The second-order valence-electron chi connectivity index (χ2n) is 8.14. The van der Waals surface area contributed by atoms with Gasteiger partial charge in [0.25, 0.3) is 5.88 Å². The molecule has 2 aliphatic rings. The molecule has 1 aromatic carbocycles. The maximum absolute atomic E-state index is 13.8. The molecule has 0 spiro atoms. The summed E-state index contributed by atoms with van der Waals surface area (Å²) in [5.74, 6) is 1.90. The highest BCUT2D eigenvalue weighted by atomic mass is 35.5. The van der Waals surface area contributed by atoms with E-state index < -0.39 is 5.82 Å².